The van der Waals surface area contributed by atoms with Gasteiger partial charge >= 0.3 is 5.69 Å². The average Bonchev–Trinajstić information content (AvgIpc) is 2.77. The molecule has 0 saturated heterocycles. The Morgan fingerprint density at radius 1 is 1.35 bits per heavy atom. The lowest BCUT2D eigenvalue weighted by molar-refractivity contribution is 0.809. The zero-order valence-electron chi connectivity index (χ0n) is 11.1. The molecule has 0 bridgehead atoms. The van der Waals surface area contributed by atoms with Crippen molar-refractivity contribution in [3.8, 4) is 17.3 Å². The predicted octanol–water partition coefficient (Wildman–Crippen LogP) is 2.11. The highest BCUT2D eigenvalue weighted by Crippen LogP contribution is 2.31. The SMILES string of the molecule is Cc1[nH]c2ccccc2c1-c1nc(=O)n(C)cc1C#N. The highest BCUT2D eigenvalue weighted by Gasteiger charge is 2.16. The minimum atomic E-state index is -0.372. The molecule has 0 fully saturated rings. The summed E-state index contributed by atoms with van der Waals surface area (Å²) in [6.45, 7) is 1.91. The van der Waals surface area contributed by atoms with Crippen LogP contribution >= 0.6 is 0 Å². The van der Waals surface area contributed by atoms with Gasteiger partial charge in [0.25, 0.3) is 0 Å². The summed E-state index contributed by atoms with van der Waals surface area (Å²) in [7, 11) is 1.59. The van der Waals surface area contributed by atoms with Crippen molar-refractivity contribution in [2.75, 3.05) is 0 Å². The quantitative estimate of drug-likeness (QED) is 0.731. The molecule has 0 aliphatic rings. The molecule has 0 aliphatic heterocycles. The van der Waals surface area contributed by atoms with E-state index in [0.717, 1.165) is 22.2 Å². The van der Waals surface area contributed by atoms with Gasteiger partial charge in [-0.15, -0.1) is 0 Å². The van der Waals surface area contributed by atoms with Crippen LogP contribution in [0, 0.1) is 18.3 Å². The van der Waals surface area contributed by atoms with Crippen LogP contribution in [0.5, 0.6) is 0 Å². The van der Waals surface area contributed by atoms with Gasteiger partial charge in [-0.1, -0.05) is 18.2 Å². The third-order valence-corrected chi connectivity index (χ3v) is 3.34. The molecule has 98 valence electrons. The van der Waals surface area contributed by atoms with E-state index >= 15 is 0 Å². The molecule has 2 aromatic heterocycles. The van der Waals surface area contributed by atoms with Gasteiger partial charge in [0, 0.05) is 35.4 Å². The monoisotopic (exact) mass is 264 g/mol. The number of nitriles is 1. The van der Waals surface area contributed by atoms with Gasteiger partial charge in [0.2, 0.25) is 0 Å². The molecule has 3 aromatic rings. The van der Waals surface area contributed by atoms with Crippen LogP contribution in [0.4, 0.5) is 0 Å². The maximum atomic E-state index is 11.8. The third-order valence-electron chi connectivity index (χ3n) is 3.34. The fraction of sp³-hybridized carbons (Fsp3) is 0.133. The fourth-order valence-electron chi connectivity index (χ4n) is 2.40. The van der Waals surface area contributed by atoms with E-state index in [4.69, 9.17) is 0 Å². The van der Waals surface area contributed by atoms with Crippen molar-refractivity contribution >= 4 is 10.9 Å². The zero-order chi connectivity index (χ0) is 14.3. The van der Waals surface area contributed by atoms with Crippen molar-refractivity contribution in [1.82, 2.24) is 14.5 Å². The molecule has 2 heterocycles. The minimum Gasteiger partial charge on any atom is -0.358 e. The van der Waals surface area contributed by atoms with E-state index in [1.54, 1.807) is 7.05 Å². The number of H-pyrrole nitrogens is 1. The van der Waals surface area contributed by atoms with Crippen molar-refractivity contribution in [3.63, 3.8) is 0 Å². The number of hydrogen-bond acceptors (Lipinski definition) is 3. The fourth-order valence-corrected chi connectivity index (χ4v) is 2.40. The largest absolute Gasteiger partial charge is 0.358 e. The zero-order valence-corrected chi connectivity index (χ0v) is 11.1. The first-order chi connectivity index (χ1) is 9.61. The van der Waals surface area contributed by atoms with Gasteiger partial charge in [-0.25, -0.2) is 4.79 Å². The van der Waals surface area contributed by atoms with Crippen molar-refractivity contribution < 1.29 is 0 Å². The molecule has 1 aromatic carbocycles. The molecule has 1 N–H and O–H groups in total. The van der Waals surface area contributed by atoms with Gasteiger partial charge in [-0.05, 0) is 13.0 Å². The van der Waals surface area contributed by atoms with Crippen LogP contribution in [0.25, 0.3) is 22.2 Å². The Bertz CT molecular complexity index is 912. The van der Waals surface area contributed by atoms with Gasteiger partial charge in [-0.3, -0.25) is 0 Å². The lowest BCUT2D eigenvalue weighted by Crippen LogP contribution is -2.20. The first-order valence-electron chi connectivity index (χ1n) is 6.17. The van der Waals surface area contributed by atoms with E-state index in [1.807, 2.05) is 31.2 Å². The van der Waals surface area contributed by atoms with Crippen LogP contribution in [-0.4, -0.2) is 14.5 Å². The minimum absolute atomic E-state index is 0.372. The lowest BCUT2D eigenvalue weighted by atomic mass is 10.0. The molecule has 0 unspecified atom stereocenters. The number of para-hydroxylation sites is 1. The van der Waals surface area contributed by atoms with E-state index in [1.165, 1.54) is 10.8 Å². The molecular formula is C15H12N4O. The Balaban J connectivity index is 2.43. The second-order valence-electron chi connectivity index (χ2n) is 4.68. The lowest BCUT2D eigenvalue weighted by Gasteiger charge is -2.05. The number of aryl methyl sites for hydroxylation is 2. The summed E-state index contributed by atoms with van der Waals surface area (Å²) in [5.41, 5.74) is 3.12. The topological polar surface area (TPSA) is 74.5 Å². The number of nitrogens with zero attached hydrogens (tertiary/aromatic N) is 3. The Hall–Kier alpha value is -2.87. The average molecular weight is 264 g/mol. The Morgan fingerprint density at radius 2 is 2.10 bits per heavy atom. The van der Waals surface area contributed by atoms with Gasteiger partial charge in [0.15, 0.2) is 0 Å². The highest BCUT2D eigenvalue weighted by molar-refractivity contribution is 5.97. The number of rotatable bonds is 1. The van der Waals surface area contributed by atoms with E-state index in [0.29, 0.717) is 11.3 Å². The highest BCUT2D eigenvalue weighted by atomic mass is 16.1. The van der Waals surface area contributed by atoms with Crippen LogP contribution in [0.1, 0.15) is 11.3 Å². The summed E-state index contributed by atoms with van der Waals surface area (Å²) in [4.78, 5) is 19.1. The second-order valence-corrected chi connectivity index (χ2v) is 4.68. The predicted molar refractivity (Wildman–Crippen MR) is 76.2 cm³/mol. The summed E-state index contributed by atoms with van der Waals surface area (Å²) in [5.74, 6) is 0. The number of nitrogens with one attached hydrogen (secondary N) is 1. The molecule has 0 saturated carbocycles. The molecule has 3 rings (SSSR count). The van der Waals surface area contributed by atoms with Crippen molar-refractivity contribution in [2.24, 2.45) is 7.05 Å². The number of aromatic amines is 1. The van der Waals surface area contributed by atoms with Crippen LogP contribution in [-0.2, 0) is 7.05 Å². The maximum absolute atomic E-state index is 11.8. The van der Waals surface area contributed by atoms with Gasteiger partial charge in [-0.2, -0.15) is 10.2 Å². The number of benzene rings is 1. The van der Waals surface area contributed by atoms with Gasteiger partial charge in [0.1, 0.15) is 6.07 Å². The molecule has 0 spiro atoms. The normalized spacial score (nSPS) is 10.7. The molecule has 0 aliphatic carbocycles. The smallest absolute Gasteiger partial charge is 0.347 e. The van der Waals surface area contributed by atoms with E-state index in [2.05, 4.69) is 16.0 Å². The summed E-state index contributed by atoms with van der Waals surface area (Å²) in [6.07, 6.45) is 1.52. The molecule has 0 radical (unpaired) electrons. The van der Waals surface area contributed by atoms with Gasteiger partial charge < -0.3 is 9.55 Å². The molecule has 0 amide bonds. The summed E-state index contributed by atoms with van der Waals surface area (Å²) in [5, 5.41) is 10.2. The van der Waals surface area contributed by atoms with E-state index < -0.39 is 0 Å². The third kappa shape index (κ3) is 1.70. The van der Waals surface area contributed by atoms with Crippen LogP contribution in [0.15, 0.2) is 35.3 Å². The van der Waals surface area contributed by atoms with E-state index in [-0.39, 0.29) is 5.69 Å². The first kappa shape index (κ1) is 12.2. The second kappa shape index (κ2) is 4.35. The van der Waals surface area contributed by atoms with Crippen molar-refractivity contribution in [2.45, 2.75) is 6.92 Å². The number of fused-ring (bicyclic) bond motifs is 1. The molecule has 20 heavy (non-hydrogen) atoms. The number of aromatic nitrogens is 3. The van der Waals surface area contributed by atoms with Crippen molar-refractivity contribution in [3.05, 3.63) is 52.2 Å². The molecular weight excluding hydrogens is 252 g/mol. The summed E-state index contributed by atoms with van der Waals surface area (Å²) < 4.78 is 1.31. The number of hydrogen-bond donors (Lipinski definition) is 1. The van der Waals surface area contributed by atoms with Crippen LogP contribution < -0.4 is 5.69 Å². The maximum Gasteiger partial charge on any atom is 0.347 e. The standard InChI is InChI=1S/C15H12N4O/c1-9-13(11-5-3-4-6-12(11)17-9)14-10(7-16)8-19(2)15(20)18-14/h3-6,8,17H,1-2H3. The Labute approximate surface area is 115 Å². The van der Waals surface area contributed by atoms with Gasteiger partial charge in [0.05, 0.1) is 11.3 Å². The summed E-state index contributed by atoms with van der Waals surface area (Å²) in [6, 6.07) is 9.88. The molecule has 5 nitrogen and oxygen atoms in total. The summed E-state index contributed by atoms with van der Waals surface area (Å²) >= 11 is 0. The van der Waals surface area contributed by atoms with Crippen molar-refractivity contribution in [1.29, 1.82) is 5.26 Å². The Kier molecular flexibility index (Phi) is 2.65. The van der Waals surface area contributed by atoms with Crippen LogP contribution in [0.3, 0.4) is 0 Å². The first-order valence-corrected chi connectivity index (χ1v) is 6.17. The van der Waals surface area contributed by atoms with E-state index in [9.17, 15) is 10.1 Å². The van der Waals surface area contributed by atoms with Crippen LogP contribution in [0.2, 0.25) is 0 Å². The Morgan fingerprint density at radius 3 is 2.85 bits per heavy atom. The molecule has 0 atom stereocenters. The molecule has 5 heteroatoms.